The Balaban J connectivity index is 1.41. The first-order chi connectivity index (χ1) is 13.7. The highest BCUT2D eigenvalue weighted by molar-refractivity contribution is 5.88. The number of amides is 1. The van der Waals surface area contributed by atoms with E-state index in [1.54, 1.807) is 13.4 Å². The van der Waals surface area contributed by atoms with E-state index in [1.165, 1.54) is 19.3 Å². The van der Waals surface area contributed by atoms with Gasteiger partial charge in [0.1, 0.15) is 11.3 Å². The Labute approximate surface area is 166 Å². The molecule has 28 heavy (non-hydrogen) atoms. The summed E-state index contributed by atoms with van der Waals surface area (Å²) in [5.41, 5.74) is 1.75. The van der Waals surface area contributed by atoms with E-state index in [0.717, 1.165) is 68.0 Å². The molecular weight excluding hydrogens is 356 g/mol. The standard InChI is InChI=1S/C22H30N2O4/c1-26-18-5-6-19-17(15-28-20(19)14-18)13-21(25)23-16-22(7-3-2-4-8-22)24-9-11-27-12-10-24/h5-6,14-15H,2-4,7-13,16H2,1H3,(H,23,25). The lowest BCUT2D eigenvalue weighted by Gasteiger charge is -2.48. The minimum Gasteiger partial charge on any atom is -0.497 e. The summed E-state index contributed by atoms with van der Waals surface area (Å²) in [6.07, 6.45) is 8.09. The minimum absolute atomic E-state index is 0.0525. The number of fused-ring (bicyclic) bond motifs is 1. The highest BCUT2D eigenvalue weighted by Gasteiger charge is 2.38. The zero-order chi connectivity index (χ0) is 19.4. The highest BCUT2D eigenvalue weighted by atomic mass is 16.5. The zero-order valence-corrected chi connectivity index (χ0v) is 16.7. The van der Waals surface area contributed by atoms with Crippen LogP contribution in [-0.2, 0) is 16.0 Å². The lowest BCUT2D eigenvalue weighted by atomic mass is 9.79. The van der Waals surface area contributed by atoms with E-state index in [2.05, 4.69) is 10.2 Å². The number of nitrogens with one attached hydrogen (secondary N) is 1. The summed E-state index contributed by atoms with van der Waals surface area (Å²) in [6.45, 7) is 4.23. The molecule has 4 rings (SSSR count). The average Bonchev–Trinajstić information content (AvgIpc) is 3.15. The van der Waals surface area contributed by atoms with Gasteiger partial charge in [-0.15, -0.1) is 0 Å². The van der Waals surface area contributed by atoms with Crippen molar-refractivity contribution in [3.8, 4) is 5.75 Å². The first-order valence-corrected chi connectivity index (χ1v) is 10.3. The van der Waals surface area contributed by atoms with E-state index in [-0.39, 0.29) is 11.4 Å². The van der Waals surface area contributed by atoms with Crippen molar-refractivity contribution < 1.29 is 18.7 Å². The SMILES string of the molecule is COc1ccc2c(CC(=O)NCC3(N4CCOCC4)CCCCC3)coc2c1. The third kappa shape index (κ3) is 4.03. The molecule has 6 nitrogen and oxygen atoms in total. The van der Waals surface area contributed by atoms with Gasteiger partial charge in [-0.3, -0.25) is 9.69 Å². The smallest absolute Gasteiger partial charge is 0.224 e. The Kier molecular flexibility index (Phi) is 5.87. The third-order valence-electron chi connectivity index (χ3n) is 6.29. The van der Waals surface area contributed by atoms with Gasteiger partial charge in [-0.1, -0.05) is 19.3 Å². The maximum atomic E-state index is 12.7. The fourth-order valence-corrected chi connectivity index (χ4v) is 4.68. The molecule has 152 valence electrons. The second-order valence-electron chi connectivity index (χ2n) is 7.96. The van der Waals surface area contributed by atoms with Gasteiger partial charge in [-0.05, 0) is 25.0 Å². The van der Waals surface area contributed by atoms with Crippen LogP contribution in [0.15, 0.2) is 28.9 Å². The van der Waals surface area contributed by atoms with Crippen molar-refractivity contribution in [3.63, 3.8) is 0 Å². The van der Waals surface area contributed by atoms with E-state index in [9.17, 15) is 4.79 Å². The van der Waals surface area contributed by atoms with E-state index in [4.69, 9.17) is 13.9 Å². The van der Waals surface area contributed by atoms with Crippen LogP contribution in [0, 0.1) is 0 Å². The Morgan fingerprint density at radius 2 is 2.00 bits per heavy atom. The number of hydrogen-bond acceptors (Lipinski definition) is 5. The van der Waals surface area contributed by atoms with Crippen LogP contribution in [0.3, 0.4) is 0 Å². The summed E-state index contributed by atoms with van der Waals surface area (Å²) in [7, 11) is 1.63. The Morgan fingerprint density at radius 3 is 2.75 bits per heavy atom. The molecule has 1 aliphatic carbocycles. The fourth-order valence-electron chi connectivity index (χ4n) is 4.68. The number of ether oxygens (including phenoxy) is 2. The molecule has 1 aromatic heterocycles. The molecule has 2 fully saturated rings. The average molecular weight is 386 g/mol. The van der Waals surface area contributed by atoms with Crippen LogP contribution in [0.1, 0.15) is 37.7 Å². The molecule has 1 saturated heterocycles. The third-order valence-corrected chi connectivity index (χ3v) is 6.29. The van der Waals surface area contributed by atoms with Crippen molar-refractivity contribution in [2.24, 2.45) is 0 Å². The molecular formula is C22H30N2O4. The number of furan rings is 1. The summed E-state index contributed by atoms with van der Waals surface area (Å²) < 4.78 is 16.4. The summed E-state index contributed by atoms with van der Waals surface area (Å²) in [6, 6.07) is 5.71. The van der Waals surface area contributed by atoms with Crippen LogP contribution in [0.5, 0.6) is 5.75 Å². The number of rotatable bonds is 6. The van der Waals surface area contributed by atoms with Crippen molar-refractivity contribution in [1.29, 1.82) is 0 Å². The van der Waals surface area contributed by atoms with Gasteiger partial charge < -0.3 is 19.2 Å². The molecule has 0 spiro atoms. The molecule has 1 N–H and O–H groups in total. The molecule has 6 heteroatoms. The van der Waals surface area contributed by atoms with Gasteiger partial charge in [0, 0.05) is 42.2 Å². The van der Waals surface area contributed by atoms with Crippen LogP contribution in [0.2, 0.25) is 0 Å². The second-order valence-corrected chi connectivity index (χ2v) is 7.96. The number of carbonyl (C=O) groups is 1. The summed E-state index contributed by atoms with van der Waals surface area (Å²) in [5.74, 6) is 0.805. The second kappa shape index (κ2) is 8.53. The summed E-state index contributed by atoms with van der Waals surface area (Å²) in [4.78, 5) is 15.3. The number of nitrogens with zero attached hydrogens (tertiary/aromatic N) is 1. The molecule has 0 atom stereocenters. The predicted molar refractivity (Wildman–Crippen MR) is 108 cm³/mol. The fraction of sp³-hybridized carbons (Fsp3) is 0.591. The van der Waals surface area contributed by atoms with Gasteiger partial charge in [-0.25, -0.2) is 0 Å². The van der Waals surface area contributed by atoms with E-state index in [1.807, 2.05) is 18.2 Å². The van der Waals surface area contributed by atoms with Gasteiger partial charge in [0.05, 0.1) is 33.0 Å². The maximum absolute atomic E-state index is 12.7. The zero-order valence-electron chi connectivity index (χ0n) is 16.7. The molecule has 1 aliphatic heterocycles. The lowest BCUT2D eigenvalue weighted by molar-refractivity contribution is -0.121. The van der Waals surface area contributed by atoms with Gasteiger partial charge in [-0.2, -0.15) is 0 Å². The van der Waals surface area contributed by atoms with Crippen LogP contribution < -0.4 is 10.1 Å². The maximum Gasteiger partial charge on any atom is 0.224 e. The van der Waals surface area contributed by atoms with Crippen LogP contribution in [-0.4, -0.2) is 56.3 Å². The van der Waals surface area contributed by atoms with E-state index < -0.39 is 0 Å². The first-order valence-electron chi connectivity index (χ1n) is 10.3. The van der Waals surface area contributed by atoms with Crippen LogP contribution in [0.4, 0.5) is 0 Å². The van der Waals surface area contributed by atoms with Gasteiger partial charge in [0.25, 0.3) is 0 Å². The molecule has 2 aromatic rings. The molecule has 1 aromatic carbocycles. The van der Waals surface area contributed by atoms with Crippen molar-refractivity contribution in [2.75, 3.05) is 40.0 Å². The number of benzene rings is 1. The number of morpholine rings is 1. The Morgan fingerprint density at radius 1 is 1.21 bits per heavy atom. The molecule has 1 amide bonds. The van der Waals surface area contributed by atoms with E-state index >= 15 is 0 Å². The largest absolute Gasteiger partial charge is 0.497 e. The number of carbonyl (C=O) groups excluding carboxylic acids is 1. The molecule has 1 saturated carbocycles. The van der Waals surface area contributed by atoms with Crippen molar-refractivity contribution in [3.05, 3.63) is 30.0 Å². The monoisotopic (exact) mass is 386 g/mol. The molecule has 0 unspecified atom stereocenters. The van der Waals surface area contributed by atoms with Gasteiger partial charge in [0.15, 0.2) is 0 Å². The van der Waals surface area contributed by atoms with Crippen molar-refractivity contribution >= 4 is 16.9 Å². The first kappa shape index (κ1) is 19.3. The van der Waals surface area contributed by atoms with Crippen LogP contribution >= 0.6 is 0 Å². The quantitative estimate of drug-likeness (QED) is 0.826. The summed E-state index contributed by atoms with van der Waals surface area (Å²) >= 11 is 0. The minimum atomic E-state index is 0.0525. The normalized spacial score (nSPS) is 20.2. The van der Waals surface area contributed by atoms with E-state index in [0.29, 0.717) is 6.42 Å². The Bertz CT molecular complexity index is 804. The van der Waals surface area contributed by atoms with Gasteiger partial charge in [0.2, 0.25) is 5.91 Å². The number of hydrogen-bond donors (Lipinski definition) is 1. The lowest BCUT2D eigenvalue weighted by Crippen LogP contribution is -2.59. The highest BCUT2D eigenvalue weighted by Crippen LogP contribution is 2.34. The summed E-state index contributed by atoms with van der Waals surface area (Å²) in [5, 5.41) is 4.20. The molecule has 2 aliphatic rings. The van der Waals surface area contributed by atoms with Gasteiger partial charge >= 0.3 is 0 Å². The van der Waals surface area contributed by atoms with Crippen molar-refractivity contribution in [2.45, 2.75) is 44.1 Å². The molecule has 2 heterocycles. The molecule has 0 bridgehead atoms. The topological polar surface area (TPSA) is 63.9 Å². The van der Waals surface area contributed by atoms with Crippen molar-refractivity contribution in [1.82, 2.24) is 10.2 Å². The Hall–Kier alpha value is -2.05. The van der Waals surface area contributed by atoms with Crippen LogP contribution in [0.25, 0.3) is 11.0 Å². The number of methoxy groups -OCH3 is 1. The predicted octanol–water partition coefficient (Wildman–Crippen LogP) is 3.14. The molecule has 0 radical (unpaired) electrons.